The zero-order valence-electron chi connectivity index (χ0n) is 17.1. The third kappa shape index (κ3) is 3.61. The molecule has 3 aromatic heterocycles. The molecule has 0 fully saturated rings. The molecule has 0 saturated carbocycles. The molecule has 3 heterocycles. The third-order valence-corrected chi connectivity index (χ3v) is 5.22. The minimum absolute atomic E-state index is 0.0398. The molecule has 1 atom stereocenters. The maximum absolute atomic E-state index is 12.9. The van der Waals surface area contributed by atoms with Crippen molar-refractivity contribution in [3.63, 3.8) is 0 Å². The molecule has 1 aromatic carbocycles. The molecule has 0 aliphatic rings. The molecule has 0 aliphatic heterocycles. The molecule has 0 bridgehead atoms. The zero-order chi connectivity index (χ0) is 20.5. The summed E-state index contributed by atoms with van der Waals surface area (Å²) >= 11 is 0. The van der Waals surface area contributed by atoms with Crippen LogP contribution in [0.1, 0.15) is 35.5 Å². The van der Waals surface area contributed by atoms with Gasteiger partial charge in [0.1, 0.15) is 0 Å². The summed E-state index contributed by atoms with van der Waals surface area (Å²) in [6.45, 7) is 7.16. The number of nitrogens with one attached hydrogen (secondary N) is 1. The number of rotatable bonds is 6. The second-order valence-electron chi connectivity index (χ2n) is 7.50. The largest absolute Gasteiger partial charge is 0.378 e. The summed E-state index contributed by atoms with van der Waals surface area (Å²) in [5, 5.41) is 7.52. The normalized spacial score (nSPS) is 12.6. The monoisotopic (exact) mass is 391 g/mol. The van der Waals surface area contributed by atoms with E-state index in [4.69, 9.17) is 9.72 Å². The van der Waals surface area contributed by atoms with Gasteiger partial charge < -0.3 is 4.74 Å². The Kier molecular flexibility index (Phi) is 5.07. The predicted octanol–water partition coefficient (Wildman–Crippen LogP) is 3.45. The Bertz CT molecular complexity index is 1200. The highest BCUT2D eigenvalue weighted by Gasteiger charge is 2.19. The first kappa shape index (κ1) is 19.1. The smallest absolute Gasteiger partial charge is 0.272 e. The summed E-state index contributed by atoms with van der Waals surface area (Å²) < 4.78 is 8.79. The summed E-state index contributed by atoms with van der Waals surface area (Å²) in [5.74, 6) is 0.0398. The van der Waals surface area contributed by atoms with Crippen LogP contribution in [-0.2, 0) is 17.9 Å². The van der Waals surface area contributed by atoms with E-state index in [9.17, 15) is 4.79 Å². The second-order valence-corrected chi connectivity index (χ2v) is 7.50. The first-order valence-corrected chi connectivity index (χ1v) is 9.67. The quantitative estimate of drug-likeness (QED) is 0.546. The summed E-state index contributed by atoms with van der Waals surface area (Å²) in [6.07, 6.45) is 1.78. The van der Waals surface area contributed by atoms with Crippen LogP contribution in [0.4, 0.5) is 0 Å². The highest BCUT2D eigenvalue weighted by Crippen LogP contribution is 2.28. The fraction of sp³-hybridized carbons (Fsp3) is 0.318. The van der Waals surface area contributed by atoms with Gasteiger partial charge in [-0.25, -0.2) is 9.50 Å². The number of H-pyrrole nitrogens is 1. The van der Waals surface area contributed by atoms with Crippen molar-refractivity contribution in [2.24, 2.45) is 0 Å². The van der Waals surface area contributed by atoms with Gasteiger partial charge in [0.2, 0.25) is 0 Å². The van der Waals surface area contributed by atoms with Crippen molar-refractivity contribution in [3.8, 4) is 11.1 Å². The van der Waals surface area contributed by atoms with Crippen LogP contribution in [0.3, 0.4) is 0 Å². The Morgan fingerprint density at radius 3 is 2.59 bits per heavy atom. The average Bonchev–Trinajstić information content (AvgIpc) is 3.26. The number of aromatic nitrogens is 5. The van der Waals surface area contributed by atoms with E-state index in [0.717, 1.165) is 28.2 Å². The van der Waals surface area contributed by atoms with Crippen LogP contribution in [-0.4, -0.2) is 31.5 Å². The van der Waals surface area contributed by atoms with Gasteiger partial charge in [-0.2, -0.15) is 5.10 Å². The lowest BCUT2D eigenvalue weighted by molar-refractivity contribution is 0.181. The van der Waals surface area contributed by atoms with Crippen LogP contribution < -0.4 is 5.56 Å². The van der Waals surface area contributed by atoms with Crippen LogP contribution >= 0.6 is 0 Å². The lowest BCUT2D eigenvalue weighted by Crippen LogP contribution is -2.18. The highest BCUT2D eigenvalue weighted by atomic mass is 16.5. The van der Waals surface area contributed by atoms with Gasteiger partial charge in [-0.1, -0.05) is 36.8 Å². The number of hydrogen-bond donors (Lipinski definition) is 1. The Morgan fingerprint density at radius 2 is 1.93 bits per heavy atom. The number of benzene rings is 1. The van der Waals surface area contributed by atoms with Crippen molar-refractivity contribution < 1.29 is 4.74 Å². The number of aryl methyl sites for hydroxylation is 2. The van der Waals surface area contributed by atoms with Gasteiger partial charge in [0.25, 0.3) is 5.56 Å². The Balaban J connectivity index is 1.85. The molecule has 0 spiro atoms. The molecule has 4 aromatic rings. The zero-order valence-corrected chi connectivity index (χ0v) is 17.1. The molecule has 7 heteroatoms. The first-order valence-electron chi connectivity index (χ1n) is 9.67. The minimum Gasteiger partial charge on any atom is -0.378 e. The van der Waals surface area contributed by atoms with Gasteiger partial charge in [0, 0.05) is 43.1 Å². The van der Waals surface area contributed by atoms with E-state index in [2.05, 4.69) is 36.2 Å². The van der Waals surface area contributed by atoms with Crippen LogP contribution in [0.5, 0.6) is 0 Å². The summed E-state index contributed by atoms with van der Waals surface area (Å²) in [7, 11) is 1.64. The summed E-state index contributed by atoms with van der Waals surface area (Å²) in [4.78, 5) is 17.7. The third-order valence-electron chi connectivity index (χ3n) is 5.22. The molecular formula is C22H25N5O2. The van der Waals surface area contributed by atoms with E-state index in [1.54, 1.807) is 19.4 Å². The maximum Gasteiger partial charge on any atom is 0.272 e. The Morgan fingerprint density at radius 1 is 1.17 bits per heavy atom. The number of aromatic amines is 1. The number of fused-ring (bicyclic) bond motifs is 1. The number of hydrogen-bond acceptors (Lipinski definition) is 4. The van der Waals surface area contributed by atoms with Gasteiger partial charge in [-0.3, -0.25) is 14.6 Å². The number of ether oxygens (including phenoxy) is 1. The first-order chi connectivity index (χ1) is 14.0. The Hall–Kier alpha value is -3.19. The molecule has 0 radical (unpaired) electrons. The molecular weight excluding hydrogens is 366 g/mol. The highest BCUT2D eigenvalue weighted by molar-refractivity contribution is 5.80. The van der Waals surface area contributed by atoms with Crippen LogP contribution in [0.15, 0.2) is 47.4 Å². The molecule has 7 nitrogen and oxygen atoms in total. The lowest BCUT2D eigenvalue weighted by atomic mass is 10.0. The fourth-order valence-corrected chi connectivity index (χ4v) is 3.57. The predicted molar refractivity (Wildman–Crippen MR) is 112 cm³/mol. The standard InChI is InChI=1S/C22H25N5O2/c1-14-5-7-17(8-6-14)21-19(13-29-4)25-27-20(28)11-18(24-22(21)27)15(2)12-26-16(3)9-10-23-26/h5-11,15,25H,12-13H2,1-4H3/t15-/m1/s1. The number of methoxy groups -OCH3 is 1. The van der Waals surface area contributed by atoms with Crippen molar-refractivity contribution in [1.29, 1.82) is 0 Å². The fourth-order valence-electron chi connectivity index (χ4n) is 3.57. The molecule has 150 valence electrons. The SMILES string of the molecule is COCc1[nH]n2c(=O)cc([C@H](C)Cn3nccc3C)nc2c1-c1ccc(C)cc1. The van der Waals surface area contributed by atoms with Crippen molar-refractivity contribution in [1.82, 2.24) is 24.4 Å². The maximum atomic E-state index is 12.9. The van der Waals surface area contributed by atoms with E-state index >= 15 is 0 Å². The van der Waals surface area contributed by atoms with Crippen molar-refractivity contribution in [3.05, 3.63) is 75.6 Å². The topological polar surface area (TPSA) is 77.2 Å². The second kappa shape index (κ2) is 7.67. The Labute approximate surface area is 169 Å². The van der Waals surface area contributed by atoms with Crippen molar-refractivity contribution in [2.75, 3.05) is 7.11 Å². The van der Waals surface area contributed by atoms with Crippen molar-refractivity contribution in [2.45, 2.75) is 39.8 Å². The molecule has 0 unspecified atom stereocenters. The van der Waals surface area contributed by atoms with Gasteiger partial charge >= 0.3 is 0 Å². The van der Waals surface area contributed by atoms with Gasteiger partial charge in [-0.15, -0.1) is 0 Å². The number of nitrogens with zero attached hydrogens (tertiary/aromatic N) is 4. The molecule has 0 amide bonds. The van der Waals surface area contributed by atoms with Crippen molar-refractivity contribution >= 4 is 5.65 Å². The van der Waals surface area contributed by atoms with E-state index in [-0.39, 0.29) is 11.5 Å². The summed E-state index contributed by atoms with van der Waals surface area (Å²) in [6, 6.07) is 11.8. The minimum atomic E-state index is -0.134. The van der Waals surface area contributed by atoms with Gasteiger partial charge in [0.05, 0.1) is 18.0 Å². The lowest BCUT2D eigenvalue weighted by Gasteiger charge is -2.13. The molecule has 4 rings (SSSR count). The molecule has 1 N–H and O–H groups in total. The van der Waals surface area contributed by atoms with Crippen LogP contribution in [0.25, 0.3) is 16.8 Å². The molecule has 0 saturated heterocycles. The average molecular weight is 391 g/mol. The van der Waals surface area contributed by atoms with Crippen LogP contribution in [0.2, 0.25) is 0 Å². The van der Waals surface area contributed by atoms with Crippen LogP contribution in [0, 0.1) is 13.8 Å². The molecule has 0 aliphatic carbocycles. The molecule has 29 heavy (non-hydrogen) atoms. The van der Waals surface area contributed by atoms with E-state index in [0.29, 0.717) is 18.8 Å². The summed E-state index contributed by atoms with van der Waals surface area (Å²) in [5.41, 5.74) is 6.22. The van der Waals surface area contributed by atoms with Gasteiger partial charge in [-0.05, 0) is 25.5 Å². The van der Waals surface area contributed by atoms with Gasteiger partial charge in [0.15, 0.2) is 5.65 Å². The van der Waals surface area contributed by atoms with E-state index in [1.807, 2.05) is 29.8 Å². The van der Waals surface area contributed by atoms with E-state index in [1.165, 1.54) is 10.1 Å². The van der Waals surface area contributed by atoms with E-state index < -0.39 is 0 Å².